The SMILES string of the molecule is Nc1nc2c(ncn2[C@@H]2O[C@@H]3CNP(O)(=S)O[C@@H]4C(F)[C@H](n5cnc6c(=O)[nH]c(N)nc65)O[C@@H]4CCP(=O)(S)O[C@@H]3C2F)c(=O)[nH]1. The number of thiol groups is 1. The van der Waals surface area contributed by atoms with Crippen LogP contribution in [0.25, 0.3) is 22.3 Å². The van der Waals surface area contributed by atoms with Gasteiger partial charge in [0, 0.05) is 12.7 Å². The highest BCUT2D eigenvalue weighted by Crippen LogP contribution is 2.57. The van der Waals surface area contributed by atoms with Crippen molar-refractivity contribution in [1.82, 2.24) is 44.1 Å². The van der Waals surface area contributed by atoms with Gasteiger partial charge in [0.05, 0.1) is 18.8 Å². The minimum atomic E-state index is -4.04. The highest BCUT2D eigenvalue weighted by Gasteiger charge is 2.53. The molecule has 3 fully saturated rings. The number of imidazole rings is 2. The second kappa shape index (κ2) is 11.4. The smallest absolute Gasteiger partial charge is 0.280 e. The van der Waals surface area contributed by atoms with E-state index in [4.69, 9.17) is 41.8 Å². The number of fused-ring (bicyclic) bond motifs is 4. The van der Waals surface area contributed by atoms with Gasteiger partial charge in [-0.1, -0.05) is 12.2 Å². The molecule has 19 nitrogen and oxygen atoms in total. The molecule has 0 aliphatic carbocycles. The van der Waals surface area contributed by atoms with Crippen molar-refractivity contribution in [3.05, 3.63) is 33.4 Å². The molecule has 46 heavy (non-hydrogen) atoms. The van der Waals surface area contributed by atoms with Crippen LogP contribution in [0.4, 0.5) is 20.7 Å². The van der Waals surface area contributed by atoms with Crippen LogP contribution in [0.1, 0.15) is 18.9 Å². The van der Waals surface area contributed by atoms with E-state index in [1.165, 1.54) is 0 Å². The molecule has 10 atom stereocenters. The van der Waals surface area contributed by atoms with Gasteiger partial charge in [0.1, 0.15) is 18.3 Å². The lowest BCUT2D eigenvalue weighted by Gasteiger charge is -2.30. The molecule has 0 bridgehead atoms. The van der Waals surface area contributed by atoms with E-state index in [2.05, 4.69) is 47.2 Å². The molecule has 0 aromatic carbocycles. The fourth-order valence-electron chi connectivity index (χ4n) is 5.68. The number of aromatic nitrogens is 8. The first-order chi connectivity index (χ1) is 21.7. The van der Waals surface area contributed by atoms with Crippen LogP contribution in [0.5, 0.6) is 0 Å². The summed E-state index contributed by atoms with van der Waals surface area (Å²) in [6.07, 6.45) is -10.7. The first-order valence-electron chi connectivity index (χ1n) is 13.5. The van der Waals surface area contributed by atoms with Gasteiger partial charge in [0.15, 0.2) is 47.1 Å². The van der Waals surface area contributed by atoms with Gasteiger partial charge in [-0.2, -0.15) is 9.97 Å². The molecule has 4 aromatic rings. The van der Waals surface area contributed by atoms with Gasteiger partial charge in [-0.15, -0.1) is 0 Å². The number of nitrogen functional groups attached to an aromatic ring is 2. The number of aromatic amines is 2. The lowest BCUT2D eigenvalue weighted by Crippen LogP contribution is -2.39. The molecule has 3 aliphatic rings. The average molecular weight is 724 g/mol. The van der Waals surface area contributed by atoms with E-state index in [0.29, 0.717) is 0 Å². The second-order valence-electron chi connectivity index (χ2n) is 10.7. The van der Waals surface area contributed by atoms with Crippen LogP contribution in [0.3, 0.4) is 0 Å². The van der Waals surface area contributed by atoms with Crippen molar-refractivity contribution in [2.24, 2.45) is 0 Å². The zero-order valence-corrected chi connectivity index (χ0v) is 26.5. The Morgan fingerprint density at radius 1 is 0.935 bits per heavy atom. The molecule has 0 spiro atoms. The fraction of sp³-hybridized carbons (Fsp3) is 0.524. The number of H-pyrrole nitrogens is 2. The van der Waals surface area contributed by atoms with E-state index in [-0.39, 0.29) is 46.8 Å². The molecule has 4 aromatic heterocycles. The maximum absolute atomic E-state index is 16.1. The van der Waals surface area contributed by atoms with Crippen LogP contribution in [0, 0.1) is 0 Å². The maximum atomic E-state index is 16.1. The van der Waals surface area contributed by atoms with Crippen molar-refractivity contribution in [1.29, 1.82) is 0 Å². The molecule has 4 unspecified atom stereocenters. The summed E-state index contributed by atoms with van der Waals surface area (Å²) in [7, 11) is 0. The van der Waals surface area contributed by atoms with E-state index in [0.717, 1.165) is 21.8 Å². The highest BCUT2D eigenvalue weighted by atomic mass is 32.7. The van der Waals surface area contributed by atoms with Gasteiger partial charge in [0.2, 0.25) is 11.9 Å². The third-order valence-electron chi connectivity index (χ3n) is 7.72. The fourth-order valence-corrected chi connectivity index (χ4v) is 9.26. The zero-order valence-electron chi connectivity index (χ0n) is 23.0. The van der Waals surface area contributed by atoms with E-state index < -0.39 is 80.1 Å². The number of rotatable bonds is 2. The van der Waals surface area contributed by atoms with E-state index >= 15 is 8.78 Å². The Bertz CT molecular complexity index is 1920. The van der Waals surface area contributed by atoms with Crippen LogP contribution in [0.2, 0.25) is 0 Å². The molecule has 3 aliphatic heterocycles. The highest BCUT2D eigenvalue weighted by molar-refractivity contribution is 8.46. The van der Waals surface area contributed by atoms with Crippen molar-refractivity contribution in [3.8, 4) is 0 Å². The van der Waals surface area contributed by atoms with Crippen LogP contribution >= 0.6 is 25.5 Å². The molecule has 25 heteroatoms. The quantitative estimate of drug-likeness (QED) is 0.106. The molecule has 0 amide bonds. The summed E-state index contributed by atoms with van der Waals surface area (Å²) in [4.78, 5) is 56.1. The molecule has 248 valence electrons. The van der Waals surface area contributed by atoms with E-state index in [1.54, 1.807) is 0 Å². The van der Waals surface area contributed by atoms with Crippen molar-refractivity contribution < 1.29 is 36.8 Å². The predicted octanol–water partition coefficient (Wildman–Crippen LogP) is -0.00840. The standard InChI is InChI=1S/C21H25F2N11O8P2S2/c22-8-12-6(39-18(8)33-4-26-10-14(33)29-20(24)31-16(10)35)1-2-43(37,45)41-13-7(3-28-44(38,46)42-12)40-19(9(13)23)34-5-27-11-15(34)30-21(25)32-17(11)36/h4-9,12-13,18-19H,1-3H2,(H,37,45)(H2,28,38,46)(H3,24,29,31,35)(H3,25,30,32,36)/t6-,7-,8?,9?,12+,13+,18-,19-,43?,44?/m1/s1. The van der Waals surface area contributed by atoms with Crippen molar-refractivity contribution in [3.63, 3.8) is 0 Å². The zero-order chi connectivity index (χ0) is 32.7. The van der Waals surface area contributed by atoms with Crippen LogP contribution in [-0.4, -0.2) is 93.4 Å². The first-order valence-corrected chi connectivity index (χ1v) is 19.2. The Hall–Kier alpha value is -2.85. The number of halogens is 2. The van der Waals surface area contributed by atoms with Crippen LogP contribution in [0.15, 0.2) is 22.2 Å². The Morgan fingerprint density at radius 3 is 1.98 bits per heavy atom. The maximum Gasteiger partial charge on any atom is 0.280 e. The molecule has 8 N–H and O–H groups in total. The number of hydrogen-bond donors (Lipinski definition) is 7. The number of nitrogens with two attached hydrogens (primary N) is 2. The molecule has 0 saturated carbocycles. The lowest BCUT2D eigenvalue weighted by molar-refractivity contribution is -0.0240. The van der Waals surface area contributed by atoms with Gasteiger partial charge in [-0.25, -0.2) is 23.8 Å². The Morgan fingerprint density at radius 2 is 1.43 bits per heavy atom. The van der Waals surface area contributed by atoms with Gasteiger partial charge in [0.25, 0.3) is 24.3 Å². The summed E-state index contributed by atoms with van der Waals surface area (Å²) >= 11 is 9.47. The topological polar surface area (TPSA) is 265 Å². The number of alkyl halides is 2. The lowest BCUT2D eigenvalue weighted by atomic mass is 10.1. The molecule has 0 radical (unpaired) electrons. The molecule has 7 rings (SSSR count). The Labute approximate surface area is 265 Å². The summed E-state index contributed by atoms with van der Waals surface area (Å²) in [6.45, 7) is -8.38. The molecule has 7 heterocycles. The predicted molar refractivity (Wildman–Crippen MR) is 163 cm³/mol. The van der Waals surface area contributed by atoms with Crippen molar-refractivity contribution in [2.75, 3.05) is 24.2 Å². The number of anilines is 2. The van der Waals surface area contributed by atoms with Crippen molar-refractivity contribution >= 4 is 71.5 Å². The number of hydrogen-bond acceptors (Lipinski definition) is 14. The van der Waals surface area contributed by atoms with Crippen LogP contribution in [-0.2, 0) is 34.9 Å². The van der Waals surface area contributed by atoms with E-state index in [9.17, 15) is 19.0 Å². The third kappa shape index (κ3) is 5.57. The summed E-state index contributed by atoms with van der Waals surface area (Å²) in [5.41, 5.74) is 9.60. The molecular weight excluding hydrogens is 698 g/mol. The first kappa shape index (κ1) is 31.7. The molecule has 3 saturated heterocycles. The summed E-state index contributed by atoms with van der Waals surface area (Å²) < 4.78 is 71.3. The second-order valence-corrected chi connectivity index (χ2v) is 17.6. The number of nitrogens with zero attached hydrogens (tertiary/aromatic N) is 6. The summed E-state index contributed by atoms with van der Waals surface area (Å²) in [5, 5.41) is 2.59. The van der Waals surface area contributed by atoms with Gasteiger partial charge in [-0.05, 0) is 18.2 Å². The third-order valence-corrected chi connectivity index (χ3v) is 11.8. The van der Waals surface area contributed by atoms with Gasteiger partial charge < -0.3 is 34.9 Å². The monoisotopic (exact) mass is 723 g/mol. The number of ether oxygens (including phenoxy) is 2. The summed E-state index contributed by atoms with van der Waals surface area (Å²) in [5.74, 6) is -0.485. The van der Waals surface area contributed by atoms with E-state index in [1.807, 2.05) is 0 Å². The largest absolute Gasteiger partial charge is 0.369 e. The van der Waals surface area contributed by atoms with Crippen molar-refractivity contribution in [2.45, 2.75) is 55.6 Å². The summed E-state index contributed by atoms with van der Waals surface area (Å²) in [6, 6.07) is 0. The minimum absolute atomic E-state index is 0.0716. The number of nitrogens with one attached hydrogen (secondary N) is 3. The molecular formula is C21H25F2N11O8P2S2. The van der Waals surface area contributed by atoms with Crippen LogP contribution < -0.4 is 27.7 Å². The minimum Gasteiger partial charge on any atom is -0.369 e. The average Bonchev–Trinajstić information content (AvgIpc) is 3.72. The van der Waals surface area contributed by atoms with Gasteiger partial charge >= 0.3 is 0 Å². The Balaban J connectivity index is 1.18. The van der Waals surface area contributed by atoms with Gasteiger partial charge in [-0.3, -0.25) is 33.3 Å². The Kier molecular flexibility index (Phi) is 7.86. The normalized spacial score (nSPS) is 37.1.